The molecular formula is C11H14Cl2OS. The minimum Gasteiger partial charge on any atom is -0.390 e. The number of thioether (sulfide) groups is 1. The number of halogens is 2. The Hall–Kier alpha value is 0.110. The molecule has 0 amide bonds. The summed E-state index contributed by atoms with van der Waals surface area (Å²) in [6.45, 7) is 3.62. The van der Waals surface area contributed by atoms with Crippen LogP contribution in [0.1, 0.15) is 20.3 Å². The van der Waals surface area contributed by atoms with Crippen LogP contribution in [-0.4, -0.2) is 16.5 Å². The molecule has 1 nitrogen and oxygen atoms in total. The minimum atomic E-state index is -0.608. The fraction of sp³-hybridized carbons (Fsp3) is 0.455. The van der Waals surface area contributed by atoms with Gasteiger partial charge >= 0.3 is 0 Å². The molecule has 0 unspecified atom stereocenters. The highest BCUT2D eigenvalue weighted by molar-refractivity contribution is 7.99. The van der Waals surface area contributed by atoms with Gasteiger partial charge in [0.25, 0.3) is 0 Å². The van der Waals surface area contributed by atoms with Crippen molar-refractivity contribution in [3.8, 4) is 0 Å². The molecule has 0 saturated carbocycles. The third-order valence-corrected chi connectivity index (χ3v) is 3.61. The summed E-state index contributed by atoms with van der Waals surface area (Å²) in [7, 11) is 0. The molecule has 1 aromatic rings. The fourth-order valence-corrected chi connectivity index (χ4v) is 2.55. The second-order valence-corrected chi connectivity index (χ2v) is 5.97. The van der Waals surface area contributed by atoms with E-state index in [1.54, 1.807) is 17.8 Å². The van der Waals surface area contributed by atoms with E-state index in [-0.39, 0.29) is 0 Å². The molecule has 0 aliphatic rings. The highest BCUT2D eigenvalue weighted by Gasteiger charge is 2.11. The van der Waals surface area contributed by atoms with Gasteiger partial charge in [0, 0.05) is 10.6 Å². The highest BCUT2D eigenvalue weighted by Crippen LogP contribution is 2.29. The Bertz CT molecular complexity index is 334. The average molecular weight is 265 g/mol. The highest BCUT2D eigenvalue weighted by atomic mass is 35.5. The maximum atomic E-state index is 9.53. The molecule has 1 N–H and O–H groups in total. The number of benzene rings is 1. The summed E-state index contributed by atoms with van der Waals surface area (Å²) in [4.78, 5) is 1.08. The smallest absolute Gasteiger partial charge is 0.0603 e. The molecule has 0 aliphatic heterocycles. The molecule has 15 heavy (non-hydrogen) atoms. The van der Waals surface area contributed by atoms with Crippen molar-refractivity contribution in [2.24, 2.45) is 0 Å². The van der Waals surface area contributed by atoms with Gasteiger partial charge in [0.1, 0.15) is 0 Å². The van der Waals surface area contributed by atoms with Gasteiger partial charge in [-0.3, -0.25) is 0 Å². The van der Waals surface area contributed by atoms with Crippen LogP contribution in [0, 0.1) is 0 Å². The van der Waals surface area contributed by atoms with Crippen LogP contribution in [0.25, 0.3) is 0 Å². The van der Waals surface area contributed by atoms with Crippen molar-refractivity contribution >= 4 is 35.0 Å². The van der Waals surface area contributed by atoms with Crippen LogP contribution < -0.4 is 0 Å². The molecule has 0 aromatic heterocycles. The molecule has 0 bridgehead atoms. The van der Waals surface area contributed by atoms with Crippen molar-refractivity contribution in [2.45, 2.75) is 30.8 Å². The van der Waals surface area contributed by atoms with Crippen molar-refractivity contribution in [2.75, 3.05) is 5.75 Å². The van der Waals surface area contributed by atoms with Gasteiger partial charge < -0.3 is 5.11 Å². The lowest BCUT2D eigenvalue weighted by Gasteiger charge is -2.16. The number of hydrogen-bond acceptors (Lipinski definition) is 2. The van der Waals surface area contributed by atoms with Crippen LogP contribution in [0.2, 0.25) is 10.0 Å². The van der Waals surface area contributed by atoms with E-state index in [9.17, 15) is 5.11 Å². The van der Waals surface area contributed by atoms with Crippen LogP contribution in [-0.2, 0) is 0 Å². The van der Waals surface area contributed by atoms with Crippen LogP contribution in [0.4, 0.5) is 0 Å². The van der Waals surface area contributed by atoms with Gasteiger partial charge in [-0.2, -0.15) is 0 Å². The predicted molar refractivity (Wildman–Crippen MR) is 68.1 cm³/mol. The van der Waals surface area contributed by atoms with E-state index < -0.39 is 5.60 Å². The summed E-state index contributed by atoms with van der Waals surface area (Å²) in [6.07, 6.45) is 0.748. The Morgan fingerprint density at radius 2 is 1.93 bits per heavy atom. The van der Waals surface area contributed by atoms with Crippen LogP contribution in [0.3, 0.4) is 0 Å². The summed E-state index contributed by atoms with van der Waals surface area (Å²) in [5, 5.41) is 10.7. The summed E-state index contributed by atoms with van der Waals surface area (Å²) < 4.78 is 0. The number of rotatable bonds is 4. The maximum Gasteiger partial charge on any atom is 0.0603 e. The van der Waals surface area contributed by atoms with Gasteiger partial charge in [0.05, 0.1) is 15.6 Å². The van der Waals surface area contributed by atoms with E-state index >= 15 is 0 Å². The van der Waals surface area contributed by atoms with Crippen LogP contribution in [0.5, 0.6) is 0 Å². The first kappa shape index (κ1) is 13.2. The average Bonchev–Trinajstić information content (AvgIpc) is 2.09. The summed E-state index contributed by atoms with van der Waals surface area (Å²) in [5.74, 6) is 0.863. The third-order valence-electron chi connectivity index (χ3n) is 1.87. The largest absolute Gasteiger partial charge is 0.390 e. The standard InChI is InChI=1S/C11H14Cl2OS/c1-11(2,14)5-6-15-8-3-4-9(12)10(13)7-8/h3-4,7,14H,5-6H2,1-2H3. The van der Waals surface area contributed by atoms with Gasteiger partial charge in [-0.1, -0.05) is 23.2 Å². The van der Waals surface area contributed by atoms with Gasteiger partial charge in [-0.15, -0.1) is 11.8 Å². The molecule has 0 saturated heterocycles. The molecule has 4 heteroatoms. The normalized spacial score (nSPS) is 11.8. The van der Waals surface area contributed by atoms with E-state index in [0.717, 1.165) is 17.1 Å². The lowest BCUT2D eigenvalue weighted by molar-refractivity contribution is 0.0778. The lowest BCUT2D eigenvalue weighted by atomic mass is 10.1. The Kier molecular flexibility index (Phi) is 4.78. The molecular weight excluding hydrogens is 251 g/mol. The van der Waals surface area contributed by atoms with E-state index in [2.05, 4.69) is 0 Å². The monoisotopic (exact) mass is 264 g/mol. The van der Waals surface area contributed by atoms with Gasteiger partial charge in [0.2, 0.25) is 0 Å². The number of aliphatic hydroxyl groups is 1. The fourth-order valence-electron chi connectivity index (χ4n) is 0.985. The summed E-state index contributed by atoms with van der Waals surface area (Å²) >= 11 is 13.4. The van der Waals surface area contributed by atoms with Crippen molar-refractivity contribution in [3.63, 3.8) is 0 Å². The van der Waals surface area contributed by atoms with Crippen molar-refractivity contribution in [1.82, 2.24) is 0 Å². The van der Waals surface area contributed by atoms with Crippen LogP contribution in [0.15, 0.2) is 23.1 Å². The molecule has 0 spiro atoms. The Morgan fingerprint density at radius 1 is 1.27 bits per heavy atom. The molecule has 0 heterocycles. The summed E-state index contributed by atoms with van der Waals surface area (Å²) in [6, 6.07) is 5.57. The minimum absolute atomic E-state index is 0.573. The third kappa shape index (κ3) is 5.12. The first-order chi connectivity index (χ1) is 6.88. The zero-order valence-corrected chi connectivity index (χ0v) is 11.1. The van der Waals surface area contributed by atoms with E-state index in [1.807, 2.05) is 26.0 Å². The quantitative estimate of drug-likeness (QED) is 0.821. The Labute approximate surface area is 105 Å². The molecule has 84 valence electrons. The zero-order chi connectivity index (χ0) is 11.5. The first-order valence-electron chi connectivity index (χ1n) is 4.69. The number of hydrogen-bond donors (Lipinski definition) is 1. The first-order valence-corrected chi connectivity index (χ1v) is 6.43. The topological polar surface area (TPSA) is 20.2 Å². The molecule has 0 fully saturated rings. The van der Waals surface area contributed by atoms with Crippen LogP contribution >= 0.6 is 35.0 Å². The van der Waals surface area contributed by atoms with E-state index in [0.29, 0.717) is 10.0 Å². The SMILES string of the molecule is CC(C)(O)CCSc1ccc(Cl)c(Cl)c1. The summed E-state index contributed by atoms with van der Waals surface area (Å²) in [5.41, 5.74) is -0.608. The molecule has 1 rings (SSSR count). The Morgan fingerprint density at radius 3 is 2.47 bits per heavy atom. The van der Waals surface area contributed by atoms with Gasteiger partial charge in [-0.25, -0.2) is 0 Å². The molecule has 0 aliphatic carbocycles. The van der Waals surface area contributed by atoms with Crippen molar-refractivity contribution in [1.29, 1.82) is 0 Å². The zero-order valence-electron chi connectivity index (χ0n) is 8.76. The van der Waals surface area contributed by atoms with Gasteiger partial charge in [0.15, 0.2) is 0 Å². The van der Waals surface area contributed by atoms with E-state index in [1.165, 1.54) is 0 Å². The van der Waals surface area contributed by atoms with E-state index in [4.69, 9.17) is 23.2 Å². The molecule has 0 radical (unpaired) electrons. The van der Waals surface area contributed by atoms with Gasteiger partial charge in [-0.05, 0) is 38.5 Å². The molecule has 1 aromatic carbocycles. The van der Waals surface area contributed by atoms with Crippen molar-refractivity contribution < 1.29 is 5.11 Å². The Balaban J connectivity index is 2.48. The maximum absolute atomic E-state index is 9.53. The second-order valence-electron chi connectivity index (χ2n) is 3.99. The lowest BCUT2D eigenvalue weighted by Crippen LogP contribution is -2.18. The second kappa shape index (κ2) is 5.44. The predicted octanol–water partition coefficient (Wildman–Crippen LogP) is 4.25. The molecule has 0 atom stereocenters. The van der Waals surface area contributed by atoms with Crippen molar-refractivity contribution in [3.05, 3.63) is 28.2 Å².